The smallest absolute Gasteiger partial charge is 0.263 e. The highest BCUT2D eigenvalue weighted by atomic mass is 32.2. The van der Waals surface area contributed by atoms with Gasteiger partial charge in [0.25, 0.3) is 5.91 Å². The zero-order valence-electron chi connectivity index (χ0n) is 13.0. The highest BCUT2D eigenvalue weighted by molar-refractivity contribution is 7.90. The number of aromatic nitrogens is 1. The van der Waals surface area contributed by atoms with Crippen molar-refractivity contribution in [3.05, 3.63) is 16.1 Å². The SMILES string of the molecule is COCc1ncsc1C(=O)NC1CCN(S(=O)(=O)C2CC2)CC1. The van der Waals surface area contributed by atoms with E-state index in [1.165, 1.54) is 11.3 Å². The summed E-state index contributed by atoms with van der Waals surface area (Å²) in [5, 5.41) is 2.83. The second kappa shape index (κ2) is 6.84. The maximum absolute atomic E-state index is 12.3. The molecule has 2 heterocycles. The summed E-state index contributed by atoms with van der Waals surface area (Å²) in [4.78, 5) is 17.0. The molecule has 1 aromatic heterocycles. The van der Waals surface area contributed by atoms with E-state index in [1.807, 2.05) is 0 Å². The minimum absolute atomic E-state index is 0.00523. The van der Waals surface area contributed by atoms with E-state index in [1.54, 1.807) is 16.9 Å². The lowest BCUT2D eigenvalue weighted by Gasteiger charge is -2.31. The largest absolute Gasteiger partial charge is 0.378 e. The summed E-state index contributed by atoms with van der Waals surface area (Å²) in [5.74, 6) is -0.150. The molecule has 3 rings (SSSR count). The van der Waals surface area contributed by atoms with Crippen molar-refractivity contribution in [1.29, 1.82) is 0 Å². The van der Waals surface area contributed by atoms with Crippen molar-refractivity contribution in [2.24, 2.45) is 0 Å². The fourth-order valence-corrected chi connectivity index (χ4v) is 5.35. The van der Waals surface area contributed by atoms with Crippen LogP contribution in [0.2, 0.25) is 0 Å². The van der Waals surface area contributed by atoms with E-state index in [-0.39, 0.29) is 17.2 Å². The first-order chi connectivity index (χ1) is 11.0. The first kappa shape index (κ1) is 16.8. The van der Waals surface area contributed by atoms with Crippen molar-refractivity contribution < 1.29 is 17.9 Å². The fraction of sp³-hybridized carbons (Fsp3) is 0.714. The summed E-state index contributed by atoms with van der Waals surface area (Å²) in [6, 6.07) is 0.00523. The van der Waals surface area contributed by atoms with Gasteiger partial charge in [0.1, 0.15) is 4.88 Å². The number of hydrogen-bond acceptors (Lipinski definition) is 6. The minimum atomic E-state index is -3.10. The van der Waals surface area contributed by atoms with E-state index in [2.05, 4.69) is 10.3 Å². The molecule has 7 nitrogen and oxygen atoms in total. The maximum Gasteiger partial charge on any atom is 0.263 e. The predicted octanol–water partition coefficient (Wildman–Crippen LogP) is 0.976. The molecule has 1 aliphatic carbocycles. The number of sulfonamides is 1. The van der Waals surface area contributed by atoms with Crippen LogP contribution in [0.5, 0.6) is 0 Å². The van der Waals surface area contributed by atoms with Crippen LogP contribution < -0.4 is 5.32 Å². The number of thiazole rings is 1. The van der Waals surface area contributed by atoms with Crippen LogP contribution in [0.3, 0.4) is 0 Å². The lowest BCUT2D eigenvalue weighted by molar-refractivity contribution is 0.0923. The van der Waals surface area contributed by atoms with Crippen LogP contribution in [-0.4, -0.2) is 55.1 Å². The van der Waals surface area contributed by atoms with Gasteiger partial charge in [-0.1, -0.05) is 0 Å². The fourth-order valence-electron chi connectivity index (χ4n) is 2.78. The normalized spacial score (nSPS) is 20.6. The molecule has 0 radical (unpaired) electrons. The first-order valence-electron chi connectivity index (χ1n) is 7.73. The summed E-state index contributed by atoms with van der Waals surface area (Å²) in [6.07, 6.45) is 2.87. The number of nitrogens with zero attached hydrogens (tertiary/aromatic N) is 2. The van der Waals surface area contributed by atoms with Gasteiger partial charge in [0, 0.05) is 26.2 Å². The summed E-state index contributed by atoms with van der Waals surface area (Å²) < 4.78 is 31.0. The van der Waals surface area contributed by atoms with E-state index in [0.717, 1.165) is 12.8 Å². The standard InChI is InChI=1S/C14H21N3O4S2/c1-21-8-12-13(22-9-15-12)14(18)16-10-4-6-17(7-5-10)23(19,20)11-2-3-11/h9-11H,2-8H2,1H3,(H,16,18). The Morgan fingerprint density at radius 2 is 2.09 bits per heavy atom. The Hall–Kier alpha value is -1.03. The molecule has 1 aromatic rings. The number of amides is 1. The van der Waals surface area contributed by atoms with E-state index >= 15 is 0 Å². The van der Waals surface area contributed by atoms with Gasteiger partial charge in [0.15, 0.2) is 0 Å². The van der Waals surface area contributed by atoms with Crippen LogP contribution >= 0.6 is 11.3 Å². The van der Waals surface area contributed by atoms with E-state index in [0.29, 0.717) is 43.1 Å². The Bertz CT molecular complexity index is 661. The summed E-state index contributed by atoms with van der Waals surface area (Å²) >= 11 is 1.29. The average molecular weight is 359 g/mol. The van der Waals surface area contributed by atoms with Gasteiger partial charge in [-0.05, 0) is 25.7 Å². The highest BCUT2D eigenvalue weighted by Gasteiger charge is 2.41. The maximum atomic E-state index is 12.3. The molecule has 1 saturated carbocycles. The molecule has 1 saturated heterocycles. The quantitative estimate of drug-likeness (QED) is 0.818. The van der Waals surface area contributed by atoms with E-state index < -0.39 is 10.0 Å². The Balaban J connectivity index is 1.54. The van der Waals surface area contributed by atoms with Crippen molar-refractivity contribution in [3.63, 3.8) is 0 Å². The Labute approximate surface area is 140 Å². The zero-order valence-corrected chi connectivity index (χ0v) is 14.7. The molecule has 0 spiro atoms. The van der Waals surface area contributed by atoms with Crippen molar-refractivity contribution in [1.82, 2.24) is 14.6 Å². The third kappa shape index (κ3) is 3.73. The Morgan fingerprint density at radius 1 is 1.39 bits per heavy atom. The molecule has 0 atom stereocenters. The number of ether oxygens (including phenoxy) is 1. The number of hydrogen-bond donors (Lipinski definition) is 1. The van der Waals surface area contributed by atoms with E-state index in [4.69, 9.17) is 4.74 Å². The third-order valence-electron chi connectivity index (χ3n) is 4.22. The van der Waals surface area contributed by atoms with Gasteiger partial charge < -0.3 is 10.1 Å². The Kier molecular flexibility index (Phi) is 5.00. The molecule has 0 bridgehead atoms. The molecule has 2 aliphatic rings. The van der Waals surface area contributed by atoms with Crippen molar-refractivity contribution in [3.8, 4) is 0 Å². The van der Waals surface area contributed by atoms with Gasteiger partial charge in [0.05, 0.1) is 23.1 Å². The van der Waals surface area contributed by atoms with Crippen molar-refractivity contribution in [2.45, 2.75) is 43.6 Å². The van der Waals surface area contributed by atoms with E-state index in [9.17, 15) is 13.2 Å². The van der Waals surface area contributed by atoms with Gasteiger partial charge in [-0.15, -0.1) is 11.3 Å². The predicted molar refractivity (Wildman–Crippen MR) is 86.8 cm³/mol. The second-order valence-corrected chi connectivity index (χ2v) is 9.02. The van der Waals surface area contributed by atoms with Crippen LogP contribution in [-0.2, 0) is 21.4 Å². The van der Waals surface area contributed by atoms with Crippen LogP contribution in [0.1, 0.15) is 41.0 Å². The first-order valence-corrected chi connectivity index (χ1v) is 10.1. The molecular formula is C14H21N3O4S2. The number of carbonyl (C=O) groups excluding carboxylic acids is 1. The van der Waals surface area contributed by atoms with Crippen LogP contribution in [0.25, 0.3) is 0 Å². The topological polar surface area (TPSA) is 88.6 Å². The number of piperidine rings is 1. The molecule has 128 valence electrons. The van der Waals surface area contributed by atoms with Gasteiger partial charge in [-0.2, -0.15) is 0 Å². The summed E-state index contributed by atoms with van der Waals surface area (Å²) in [6.45, 7) is 1.28. The van der Waals surface area contributed by atoms with Gasteiger partial charge >= 0.3 is 0 Å². The number of methoxy groups -OCH3 is 1. The molecule has 1 amide bonds. The van der Waals surface area contributed by atoms with Gasteiger partial charge in [0.2, 0.25) is 10.0 Å². The lowest BCUT2D eigenvalue weighted by Crippen LogP contribution is -2.47. The molecule has 0 unspecified atom stereocenters. The van der Waals surface area contributed by atoms with Gasteiger partial charge in [-0.25, -0.2) is 17.7 Å². The van der Waals surface area contributed by atoms with Crippen LogP contribution in [0.4, 0.5) is 0 Å². The monoisotopic (exact) mass is 359 g/mol. The number of rotatable bonds is 6. The van der Waals surface area contributed by atoms with Crippen LogP contribution in [0.15, 0.2) is 5.51 Å². The molecule has 2 fully saturated rings. The number of nitrogens with one attached hydrogen (secondary N) is 1. The molecular weight excluding hydrogens is 338 g/mol. The highest BCUT2D eigenvalue weighted by Crippen LogP contribution is 2.32. The van der Waals surface area contributed by atoms with Crippen LogP contribution in [0, 0.1) is 0 Å². The molecule has 23 heavy (non-hydrogen) atoms. The lowest BCUT2D eigenvalue weighted by atomic mass is 10.1. The van der Waals surface area contributed by atoms with Crippen molar-refractivity contribution in [2.75, 3.05) is 20.2 Å². The molecule has 9 heteroatoms. The third-order valence-corrected chi connectivity index (χ3v) is 7.49. The summed E-state index contributed by atoms with van der Waals surface area (Å²) in [7, 11) is -1.54. The van der Waals surface area contributed by atoms with Crippen molar-refractivity contribution >= 4 is 27.3 Å². The molecule has 1 aliphatic heterocycles. The second-order valence-electron chi connectivity index (χ2n) is 5.95. The molecule has 1 N–H and O–H groups in total. The Morgan fingerprint density at radius 3 is 2.70 bits per heavy atom. The summed E-state index contributed by atoms with van der Waals surface area (Å²) in [5.41, 5.74) is 2.28. The minimum Gasteiger partial charge on any atom is -0.378 e. The zero-order chi connectivity index (χ0) is 16.4. The number of carbonyl (C=O) groups is 1. The average Bonchev–Trinajstić information content (AvgIpc) is 3.29. The molecule has 0 aromatic carbocycles. The van der Waals surface area contributed by atoms with Gasteiger partial charge in [-0.3, -0.25) is 4.79 Å².